The van der Waals surface area contributed by atoms with Crippen molar-refractivity contribution in [1.82, 2.24) is 0 Å². The van der Waals surface area contributed by atoms with Crippen molar-refractivity contribution in [3.8, 4) is 5.75 Å². The highest BCUT2D eigenvalue weighted by Gasteiger charge is 2.42. The molecule has 6 heteroatoms. The van der Waals surface area contributed by atoms with E-state index in [0.29, 0.717) is 54.9 Å². The van der Waals surface area contributed by atoms with E-state index in [2.05, 4.69) is 12.2 Å². The van der Waals surface area contributed by atoms with Crippen molar-refractivity contribution < 1.29 is 23.8 Å². The van der Waals surface area contributed by atoms with Crippen LogP contribution in [0.5, 0.6) is 5.75 Å². The smallest absolute Gasteiger partial charge is 0.341 e. The van der Waals surface area contributed by atoms with Crippen molar-refractivity contribution in [3.05, 3.63) is 23.8 Å². The average molecular weight is 420 g/mol. The Labute approximate surface area is 180 Å². The molecule has 2 atom stereocenters. The first-order chi connectivity index (χ1) is 14.3. The second-order valence-electron chi connectivity index (χ2n) is 8.63. The summed E-state index contributed by atoms with van der Waals surface area (Å²) in [5.74, 6) is 0.610. The number of hydrogen-bond donors (Lipinski definition) is 1. The minimum Gasteiger partial charge on any atom is -0.492 e. The van der Waals surface area contributed by atoms with Gasteiger partial charge >= 0.3 is 5.97 Å². The van der Waals surface area contributed by atoms with Crippen LogP contribution in [-0.2, 0) is 14.3 Å². The first kappa shape index (κ1) is 24.2. The molecule has 1 saturated carbocycles. The molecule has 1 aromatic carbocycles. The van der Waals surface area contributed by atoms with Crippen LogP contribution in [0.15, 0.2) is 18.2 Å². The number of carbonyl (C=O) groups is 2. The van der Waals surface area contributed by atoms with Gasteiger partial charge in [-0.25, -0.2) is 4.79 Å². The molecule has 0 saturated heterocycles. The van der Waals surface area contributed by atoms with Crippen LogP contribution in [0.25, 0.3) is 0 Å². The van der Waals surface area contributed by atoms with Gasteiger partial charge in [-0.15, -0.1) is 0 Å². The second kappa shape index (κ2) is 11.3. The molecule has 0 bridgehead atoms. The van der Waals surface area contributed by atoms with Gasteiger partial charge in [0.25, 0.3) is 5.91 Å². The lowest BCUT2D eigenvalue weighted by molar-refractivity contribution is -0.148. The molecule has 1 N–H and O–H groups in total. The molecule has 168 valence electrons. The van der Waals surface area contributed by atoms with Gasteiger partial charge in [0.15, 0.2) is 0 Å². The van der Waals surface area contributed by atoms with Gasteiger partial charge in [0.05, 0.1) is 13.2 Å². The van der Waals surface area contributed by atoms with Crippen LogP contribution < -0.4 is 10.1 Å². The fourth-order valence-electron chi connectivity index (χ4n) is 3.81. The zero-order valence-corrected chi connectivity index (χ0v) is 19.1. The molecular weight excluding hydrogens is 382 g/mol. The van der Waals surface area contributed by atoms with E-state index >= 15 is 0 Å². The summed E-state index contributed by atoms with van der Waals surface area (Å²) in [7, 11) is 0. The lowest BCUT2D eigenvalue weighted by Gasteiger charge is -2.38. The Bertz CT molecular complexity index is 718. The monoisotopic (exact) mass is 419 g/mol. The first-order valence-corrected chi connectivity index (χ1v) is 11.2. The highest BCUT2D eigenvalue weighted by molar-refractivity contribution is 5.99. The summed E-state index contributed by atoms with van der Waals surface area (Å²) < 4.78 is 17.1. The molecule has 0 heterocycles. The van der Waals surface area contributed by atoms with Crippen molar-refractivity contribution >= 4 is 17.6 Å². The van der Waals surface area contributed by atoms with Gasteiger partial charge in [0, 0.05) is 12.3 Å². The maximum absolute atomic E-state index is 13.3. The Morgan fingerprint density at radius 3 is 2.67 bits per heavy atom. The third kappa shape index (κ3) is 6.46. The van der Waals surface area contributed by atoms with Gasteiger partial charge in [-0.05, 0) is 62.6 Å². The topological polar surface area (TPSA) is 73.9 Å². The minimum absolute atomic E-state index is 0.145. The fourth-order valence-corrected chi connectivity index (χ4v) is 3.81. The Morgan fingerprint density at radius 1 is 1.27 bits per heavy atom. The van der Waals surface area contributed by atoms with Crippen LogP contribution in [0.1, 0.15) is 77.1 Å². The number of esters is 1. The van der Waals surface area contributed by atoms with Crippen LogP contribution in [-0.4, -0.2) is 37.3 Å². The number of hydrogen-bond acceptors (Lipinski definition) is 5. The summed E-state index contributed by atoms with van der Waals surface area (Å²) in [4.78, 5) is 25.7. The van der Waals surface area contributed by atoms with Crippen LogP contribution in [0, 0.1) is 11.8 Å². The largest absolute Gasteiger partial charge is 0.492 e. The number of anilines is 1. The van der Waals surface area contributed by atoms with Gasteiger partial charge in [-0.1, -0.05) is 34.1 Å². The molecule has 2 rings (SSSR count). The lowest BCUT2D eigenvalue weighted by atomic mass is 9.78. The van der Waals surface area contributed by atoms with Crippen LogP contribution in [0.3, 0.4) is 0 Å². The lowest BCUT2D eigenvalue weighted by Crippen LogP contribution is -2.48. The molecule has 1 amide bonds. The van der Waals surface area contributed by atoms with E-state index in [1.165, 1.54) is 0 Å². The quantitative estimate of drug-likeness (QED) is 0.527. The van der Waals surface area contributed by atoms with Crippen LogP contribution in [0.2, 0.25) is 0 Å². The molecule has 0 radical (unpaired) electrons. The van der Waals surface area contributed by atoms with Gasteiger partial charge in [-0.2, -0.15) is 0 Å². The number of ether oxygens (including phenoxy) is 3. The van der Waals surface area contributed by atoms with E-state index in [1.54, 1.807) is 25.1 Å². The van der Waals surface area contributed by atoms with Gasteiger partial charge in [-0.3, -0.25) is 4.79 Å². The summed E-state index contributed by atoms with van der Waals surface area (Å²) in [6.07, 6.45) is 4.36. The van der Waals surface area contributed by atoms with Crippen molar-refractivity contribution in [1.29, 1.82) is 0 Å². The maximum Gasteiger partial charge on any atom is 0.341 e. The van der Waals surface area contributed by atoms with Crippen LogP contribution >= 0.6 is 0 Å². The molecule has 0 aromatic heterocycles. The highest BCUT2D eigenvalue weighted by Crippen LogP contribution is 2.36. The summed E-state index contributed by atoms with van der Waals surface area (Å²) >= 11 is 0. The standard InChI is InChI=1S/C24H37NO5/c1-6-13-30-24(12-8-9-18(5)15-24)23(27)25-19-10-11-21(29-16-17(3)4)20(14-19)22(26)28-7-2/h10-11,14,17-18H,6-9,12-13,15-16H2,1-5H3,(H,25,27)/t18-,24-/m1/s1. The van der Waals surface area contributed by atoms with Gasteiger partial charge < -0.3 is 19.5 Å². The Balaban J connectivity index is 2.25. The van der Waals surface area contributed by atoms with Crippen molar-refractivity contribution in [2.75, 3.05) is 25.1 Å². The fraction of sp³-hybridized carbons (Fsp3) is 0.667. The predicted molar refractivity (Wildman–Crippen MR) is 118 cm³/mol. The van der Waals surface area contributed by atoms with E-state index < -0.39 is 11.6 Å². The van der Waals surface area contributed by atoms with E-state index in [1.807, 2.05) is 20.8 Å². The maximum atomic E-state index is 13.3. The molecule has 0 spiro atoms. The molecule has 1 aliphatic rings. The van der Waals surface area contributed by atoms with E-state index in [-0.39, 0.29) is 12.5 Å². The molecular formula is C24H37NO5. The molecule has 1 aromatic rings. The van der Waals surface area contributed by atoms with Crippen molar-refractivity contribution in [2.45, 2.75) is 72.3 Å². The molecule has 1 fully saturated rings. The first-order valence-electron chi connectivity index (χ1n) is 11.2. The van der Waals surface area contributed by atoms with E-state index in [0.717, 1.165) is 19.3 Å². The highest BCUT2D eigenvalue weighted by atomic mass is 16.5. The summed E-state index contributed by atoms with van der Waals surface area (Å²) in [5, 5.41) is 2.98. The zero-order chi connectivity index (χ0) is 22.1. The number of rotatable bonds is 10. The Hall–Kier alpha value is -2.08. The third-order valence-corrected chi connectivity index (χ3v) is 5.26. The zero-order valence-electron chi connectivity index (χ0n) is 19.1. The van der Waals surface area contributed by atoms with E-state index in [4.69, 9.17) is 14.2 Å². The molecule has 6 nitrogen and oxygen atoms in total. The SMILES string of the molecule is CCCO[C@]1(C(=O)Nc2ccc(OCC(C)C)c(C(=O)OCC)c2)CCC[C@@H](C)C1. The number of amides is 1. The van der Waals surface area contributed by atoms with E-state index in [9.17, 15) is 9.59 Å². The number of benzene rings is 1. The van der Waals surface area contributed by atoms with Gasteiger partial charge in [0.1, 0.15) is 16.9 Å². The third-order valence-electron chi connectivity index (χ3n) is 5.26. The average Bonchev–Trinajstić information content (AvgIpc) is 2.71. The molecule has 1 aliphatic carbocycles. The minimum atomic E-state index is -0.815. The Morgan fingerprint density at radius 2 is 2.03 bits per heavy atom. The summed E-state index contributed by atoms with van der Waals surface area (Å²) in [5.41, 5.74) is 0.0402. The summed E-state index contributed by atoms with van der Waals surface area (Å²) in [6, 6.07) is 5.11. The number of nitrogens with one attached hydrogen (secondary N) is 1. The normalized spacial score (nSPS) is 21.3. The van der Waals surface area contributed by atoms with Crippen molar-refractivity contribution in [2.24, 2.45) is 11.8 Å². The molecule has 30 heavy (non-hydrogen) atoms. The van der Waals surface area contributed by atoms with Gasteiger partial charge in [0.2, 0.25) is 0 Å². The second-order valence-corrected chi connectivity index (χ2v) is 8.63. The Kier molecular flexibility index (Phi) is 9.15. The molecule has 0 unspecified atom stereocenters. The predicted octanol–water partition coefficient (Wildman–Crippen LogP) is 5.21. The molecule has 0 aliphatic heterocycles. The van der Waals surface area contributed by atoms with Crippen LogP contribution in [0.4, 0.5) is 5.69 Å². The van der Waals surface area contributed by atoms with Crippen molar-refractivity contribution in [3.63, 3.8) is 0 Å². The summed E-state index contributed by atoms with van der Waals surface area (Å²) in [6.45, 7) is 11.4. The number of carbonyl (C=O) groups excluding carboxylic acids is 2.